The first-order valence-corrected chi connectivity index (χ1v) is 7.19. The van der Waals surface area contributed by atoms with Gasteiger partial charge in [0.1, 0.15) is 0 Å². The highest BCUT2D eigenvalue weighted by Crippen LogP contribution is 2.25. The quantitative estimate of drug-likeness (QED) is 0.717. The number of aliphatic hydroxyl groups excluding tert-OH is 1. The van der Waals surface area contributed by atoms with Crippen LogP contribution in [-0.2, 0) is 0 Å². The number of likely N-dealkylation sites (N-methyl/N-ethyl adjacent to an activating group) is 1. The normalized spacial score (nSPS) is 16.6. The SMILES string of the molecule is CCN(CCNCC(O)c1ccc(F)c(F)c1)C1CC1. The zero-order valence-corrected chi connectivity index (χ0v) is 11.8. The maximum atomic E-state index is 13.1. The van der Waals surface area contributed by atoms with Gasteiger partial charge >= 0.3 is 0 Å². The first-order valence-electron chi connectivity index (χ1n) is 7.19. The number of rotatable bonds is 8. The molecule has 0 heterocycles. The standard InChI is InChI=1S/C15H22F2N2O/c1-2-19(12-4-5-12)8-7-18-10-15(20)11-3-6-13(16)14(17)9-11/h3,6,9,12,15,18,20H,2,4-5,7-8,10H2,1H3. The molecule has 1 aromatic carbocycles. The van der Waals surface area contributed by atoms with Gasteiger partial charge in [0.05, 0.1) is 6.10 Å². The zero-order valence-electron chi connectivity index (χ0n) is 11.8. The van der Waals surface area contributed by atoms with E-state index < -0.39 is 17.7 Å². The number of halogens is 2. The lowest BCUT2D eigenvalue weighted by molar-refractivity contribution is 0.171. The lowest BCUT2D eigenvalue weighted by Gasteiger charge is -2.20. The molecule has 2 rings (SSSR count). The van der Waals surface area contributed by atoms with Crippen LogP contribution in [0.5, 0.6) is 0 Å². The van der Waals surface area contributed by atoms with Crippen molar-refractivity contribution in [1.82, 2.24) is 10.2 Å². The van der Waals surface area contributed by atoms with Gasteiger partial charge in [-0.15, -0.1) is 0 Å². The molecule has 0 bridgehead atoms. The molecule has 112 valence electrons. The second kappa shape index (κ2) is 7.11. The predicted octanol–water partition coefficient (Wildman–Crippen LogP) is 2.07. The van der Waals surface area contributed by atoms with Crippen LogP contribution in [0.1, 0.15) is 31.4 Å². The third kappa shape index (κ3) is 4.23. The van der Waals surface area contributed by atoms with Gasteiger partial charge in [0, 0.05) is 25.7 Å². The van der Waals surface area contributed by atoms with Crippen LogP contribution < -0.4 is 5.32 Å². The molecule has 0 spiro atoms. The summed E-state index contributed by atoms with van der Waals surface area (Å²) in [4.78, 5) is 2.41. The van der Waals surface area contributed by atoms with Crippen LogP contribution >= 0.6 is 0 Å². The van der Waals surface area contributed by atoms with Crippen LogP contribution in [0.15, 0.2) is 18.2 Å². The van der Waals surface area contributed by atoms with Gasteiger partial charge in [-0.1, -0.05) is 13.0 Å². The van der Waals surface area contributed by atoms with Gasteiger partial charge in [-0.3, -0.25) is 4.90 Å². The Balaban J connectivity index is 1.71. The Morgan fingerprint density at radius 3 is 2.70 bits per heavy atom. The molecule has 20 heavy (non-hydrogen) atoms. The molecule has 1 atom stereocenters. The molecular weight excluding hydrogens is 262 g/mol. The Labute approximate surface area is 118 Å². The van der Waals surface area contributed by atoms with E-state index in [4.69, 9.17) is 0 Å². The Hall–Kier alpha value is -1.04. The molecule has 0 aliphatic heterocycles. The third-order valence-electron chi connectivity index (χ3n) is 3.71. The first kappa shape index (κ1) is 15.4. The summed E-state index contributed by atoms with van der Waals surface area (Å²) in [7, 11) is 0. The molecule has 1 aliphatic carbocycles. The largest absolute Gasteiger partial charge is 0.387 e. The number of hydrogen-bond acceptors (Lipinski definition) is 3. The molecule has 1 saturated carbocycles. The average Bonchev–Trinajstić information content (AvgIpc) is 3.26. The molecule has 1 aliphatic rings. The molecule has 3 nitrogen and oxygen atoms in total. The maximum absolute atomic E-state index is 13.1. The number of aliphatic hydroxyl groups is 1. The fourth-order valence-electron chi connectivity index (χ4n) is 2.34. The van der Waals surface area contributed by atoms with Crippen molar-refractivity contribution in [1.29, 1.82) is 0 Å². The molecule has 2 N–H and O–H groups in total. The fraction of sp³-hybridized carbons (Fsp3) is 0.600. The summed E-state index contributed by atoms with van der Waals surface area (Å²) >= 11 is 0. The molecule has 0 aromatic heterocycles. The van der Waals surface area contributed by atoms with Gasteiger partial charge in [-0.2, -0.15) is 0 Å². The monoisotopic (exact) mass is 284 g/mol. The van der Waals surface area contributed by atoms with Crippen molar-refractivity contribution in [3.05, 3.63) is 35.4 Å². The molecule has 5 heteroatoms. The van der Waals surface area contributed by atoms with Crippen molar-refractivity contribution in [3.63, 3.8) is 0 Å². The van der Waals surface area contributed by atoms with E-state index in [1.54, 1.807) is 0 Å². The smallest absolute Gasteiger partial charge is 0.159 e. The van der Waals surface area contributed by atoms with E-state index in [-0.39, 0.29) is 0 Å². The van der Waals surface area contributed by atoms with Gasteiger partial charge in [-0.05, 0) is 37.1 Å². The van der Waals surface area contributed by atoms with E-state index in [0.717, 1.165) is 37.8 Å². The van der Waals surface area contributed by atoms with Crippen LogP contribution in [0, 0.1) is 11.6 Å². The lowest BCUT2D eigenvalue weighted by Crippen LogP contribution is -2.35. The highest BCUT2D eigenvalue weighted by Gasteiger charge is 2.27. The van der Waals surface area contributed by atoms with Crippen molar-refractivity contribution >= 4 is 0 Å². The number of nitrogens with one attached hydrogen (secondary N) is 1. The summed E-state index contributed by atoms with van der Waals surface area (Å²) in [6.45, 7) is 5.26. The summed E-state index contributed by atoms with van der Waals surface area (Å²) in [5.41, 5.74) is 0.394. The van der Waals surface area contributed by atoms with Crippen molar-refractivity contribution in [2.24, 2.45) is 0 Å². The van der Waals surface area contributed by atoms with Crippen molar-refractivity contribution in [2.45, 2.75) is 31.9 Å². The van der Waals surface area contributed by atoms with Crippen LogP contribution in [0.4, 0.5) is 8.78 Å². The topological polar surface area (TPSA) is 35.5 Å². The first-order chi connectivity index (χ1) is 9.61. The Kier molecular flexibility index (Phi) is 5.46. The minimum atomic E-state index is -0.924. The molecular formula is C15H22F2N2O. The molecule has 0 amide bonds. The number of hydrogen-bond donors (Lipinski definition) is 2. The highest BCUT2D eigenvalue weighted by atomic mass is 19.2. The lowest BCUT2D eigenvalue weighted by atomic mass is 10.1. The summed E-state index contributed by atoms with van der Waals surface area (Å²) in [5, 5.41) is 13.1. The zero-order chi connectivity index (χ0) is 14.5. The maximum Gasteiger partial charge on any atom is 0.159 e. The second-order valence-corrected chi connectivity index (χ2v) is 5.25. The molecule has 0 saturated heterocycles. The summed E-state index contributed by atoms with van der Waals surface area (Å²) in [6.07, 6.45) is 1.75. The highest BCUT2D eigenvalue weighted by molar-refractivity contribution is 5.20. The van der Waals surface area contributed by atoms with E-state index in [1.807, 2.05) is 0 Å². The van der Waals surface area contributed by atoms with Crippen molar-refractivity contribution in [3.8, 4) is 0 Å². The minimum Gasteiger partial charge on any atom is -0.387 e. The molecule has 1 fully saturated rings. The Morgan fingerprint density at radius 2 is 2.10 bits per heavy atom. The predicted molar refractivity (Wildman–Crippen MR) is 74.5 cm³/mol. The Bertz CT molecular complexity index is 438. The van der Waals surface area contributed by atoms with E-state index in [1.165, 1.54) is 18.9 Å². The summed E-state index contributed by atoms with van der Waals surface area (Å²) in [6, 6.07) is 4.23. The van der Waals surface area contributed by atoms with Crippen LogP contribution in [-0.4, -0.2) is 42.2 Å². The van der Waals surface area contributed by atoms with Gasteiger partial charge in [0.25, 0.3) is 0 Å². The van der Waals surface area contributed by atoms with Gasteiger partial charge in [0.15, 0.2) is 11.6 Å². The van der Waals surface area contributed by atoms with E-state index in [9.17, 15) is 13.9 Å². The van der Waals surface area contributed by atoms with E-state index in [0.29, 0.717) is 12.1 Å². The summed E-state index contributed by atoms with van der Waals surface area (Å²) in [5.74, 6) is -1.82. The number of benzene rings is 1. The van der Waals surface area contributed by atoms with Gasteiger partial charge < -0.3 is 10.4 Å². The van der Waals surface area contributed by atoms with E-state index >= 15 is 0 Å². The van der Waals surface area contributed by atoms with Crippen LogP contribution in [0.2, 0.25) is 0 Å². The molecule has 1 aromatic rings. The van der Waals surface area contributed by atoms with Crippen LogP contribution in [0.3, 0.4) is 0 Å². The third-order valence-corrected chi connectivity index (χ3v) is 3.71. The summed E-state index contributed by atoms with van der Waals surface area (Å²) < 4.78 is 25.9. The van der Waals surface area contributed by atoms with E-state index in [2.05, 4.69) is 17.1 Å². The van der Waals surface area contributed by atoms with Crippen molar-refractivity contribution < 1.29 is 13.9 Å². The number of nitrogens with zero attached hydrogens (tertiary/aromatic N) is 1. The second-order valence-electron chi connectivity index (χ2n) is 5.25. The average molecular weight is 284 g/mol. The van der Waals surface area contributed by atoms with Gasteiger partial charge in [0.2, 0.25) is 0 Å². The molecule has 1 unspecified atom stereocenters. The fourth-order valence-corrected chi connectivity index (χ4v) is 2.34. The van der Waals surface area contributed by atoms with Crippen molar-refractivity contribution in [2.75, 3.05) is 26.2 Å². The Morgan fingerprint density at radius 1 is 1.35 bits per heavy atom. The van der Waals surface area contributed by atoms with Crippen LogP contribution in [0.25, 0.3) is 0 Å². The molecule has 0 radical (unpaired) electrons. The minimum absolute atomic E-state index is 0.341. The van der Waals surface area contributed by atoms with Gasteiger partial charge in [-0.25, -0.2) is 8.78 Å².